The van der Waals surface area contributed by atoms with Crippen molar-refractivity contribution in [3.63, 3.8) is 0 Å². The van der Waals surface area contributed by atoms with Gasteiger partial charge in [-0.05, 0) is 55.7 Å². The fraction of sp³-hybridized carbons (Fsp3) is 0.500. The summed E-state index contributed by atoms with van der Waals surface area (Å²) in [6, 6.07) is 8.71. The van der Waals surface area contributed by atoms with Crippen LogP contribution in [-0.4, -0.2) is 29.1 Å². The van der Waals surface area contributed by atoms with Crippen LogP contribution in [0.25, 0.3) is 0 Å². The number of aliphatic hydroxyl groups is 1. The first-order valence-electron chi connectivity index (χ1n) is 8.74. The largest absolute Gasteiger partial charge is 0.385 e. The third kappa shape index (κ3) is 2.57. The van der Waals surface area contributed by atoms with Gasteiger partial charge in [0.15, 0.2) is 0 Å². The summed E-state index contributed by atoms with van der Waals surface area (Å²) in [4.78, 5) is 2.47. The van der Waals surface area contributed by atoms with Gasteiger partial charge in [0.05, 0.1) is 5.60 Å². The van der Waals surface area contributed by atoms with Gasteiger partial charge in [-0.3, -0.25) is 0 Å². The van der Waals surface area contributed by atoms with E-state index in [-0.39, 0.29) is 0 Å². The highest BCUT2D eigenvalue weighted by Gasteiger charge is 2.49. The molecule has 2 N–H and O–H groups in total. The lowest BCUT2D eigenvalue weighted by Crippen LogP contribution is -2.37. The van der Waals surface area contributed by atoms with Gasteiger partial charge in [-0.15, -0.1) is 0 Å². The number of nitrogens with one attached hydrogen (secondary N) is 1. The first kappa shape index (κ1) is 14.8. The van der Waals surface area contributed by atoms with E-state index < -0.39 is 5.60 Å². The summed E-state index contributed by atoms with van der Waals surface area (Å²) in [5.41, 5.74) is 1.71. The lowest BCUT2D eigenvalue weighted by Gasteiger charge is -2.31. The van der Waals surface area contributed by atoms with Crippen LogP contribution in [-0.2, 0) is 5.60 Å². The zero-order valence-electron chi connectivity index (χ0n) is 14.0. The van der Waals surface area contributed by atoms with Crippen LogP contribution in [0.5, 0.6) is 0 Å². The number of nitrogens with zero attached hydrogens (tertiary/aromatic N) is 1. The summed E-state index contributed by atoms with van der Waals surface area (Å²) in [5, 5.41) is 14.8. The van der Waals surface area contributed by atoms with Crippen LogP contribution in [0.3, 0.4) is 0 Å². The van der Waals surface area contributed by atoms with E-state index in [1.54, 1.807) is 0 Å². The van der Waals surface area contributed by atoms with Crippen molar-refractivity contribution in [2.45, 2.75) is 38.3 Å². The molecule has 1 aliphatic carbocycles. The Morgan fingerprint density at radius 3 is 2.52 bits per heavy atom. The Morgan fingerprint density at radius 2 is 1.87 bits per heavy atom. The predicted octanol–water partition coefficient (Wildman–Crippen LogP) is 2.91. The normalized spacial score (nSPS) is 35.9. The first-order chi connectivity index (χ1) is 11.0. The molecule has 2 heterocycles. The molecule has 1 saturated heterocycles. The van der Waals surface area contributed by atoms with Crippen LogP contribution < -0.4 is 5.32 Å². The van der Waals surface area contributed by atoms with Crippen LogP contribution >= 0.6 is 0 Å². The molecule has 0 amide bonds. The van der Waals surface area contributed by atoms with Crippen molar-refractivity contribution in [2.75, 3.05) is 13.1 Å². The van der Waals surface area contributed by atoms with E-state index in [1.165, 1.54) is 11.4 Å². The third-order valence-corrected chi connectivity index (χ3v) is 5.79. The molecule has 2 unspecified atom stereocenters. The lowest BCUT2D eigenvalue weighted by molar-refractivity contribution is 0.0317. The third-order valence-electron chi connectivity index (χ3n) is 5.79. The van der Waals surface area contributed by atoms with Gasteiger partial charge in [0, 0.05) is 19.1 Å². The van der Waals surface area contributed by atoms with E-state index in [1.807, 2.05) is 6.07 Å². The van der Waals surface area contributed by atoms with Crippen molar-refractivity contribution in [2.24, 2.45) is 11.8 Å². The van der Waals surface area contributed by atoms with Gasteiger partial charge in [-0.25, -0.2) is 0 Å². The Bertz CT molecular complexity index is 649. The molecular formula is C20H26N2O. The number of fused-ring (bicyclic) bond motifs is 1. The highest BCUT2D eigenvalue weighted by Crippen LogP contribution is 2.50. The van der Waals surface area contributed by atoms with E-state index in [0.717, 1.165) is 31.5 Å². The number of hydrogen-bond acceptors (Lipinski definition) is 3. The Balaban J connectivity index is 1.49. The van der Waals surface area contributed by atoms with E-state index in [4.69, 9.17) is 0 Å². The highest BCUT2D eigenvalue weighted by molar-refractivity contribution is 5.33. The zero-order valence-corrected chi connectivity index (χ0v) is 14.0. The summed E-state index contributed by atoms with van der Waals surface area (Å²) < 4.78 is 0. The minimum Gasteiger partial charge on any atom is -0.385 e. The molecule has 0 aromatic heterocycles. The minimum absolute atomic E-state index is 0.402. The molecular weight excluding hydrogens is 284 g/mol. The van der Waals surface area contributed by atoms with Crippen molar-refractivity contribution >= 4 is 0 Å². The lowest BCUT2D eigenvalue weighted by atomic mass is 9.87. The van der Waals surface area contributed by atoms with Crippen molar-refractivity contribution in [1.82, 2.24) is 10.2 Å². The van der Waals surface area contributed by atoms with Gasteiger partial charge < -0.3 is 15.3 Å². The van der Waals surface area contributed by atoms with Crippen LogP contribution in [0.2, 0.25) is 0 Å². The van der Waals surface area contributed by atoms with Gasteiger partial charge >= 0.3 is 0 Å². The Morgan fingerprint density at radius 1 is 1.17 bits per heavy atom. The number of dihydropyridines is 1. The molecule has 3 heteroatoms. The summed E-state index contributed by atoms with van der Waals surface area (Å²) in [5.74, 6) is 2.42. The fourth-order valence-electron chi connectivity index (χ4n) is 4.70. The topological polar surface area (TPSA) is 35.5 Å². The number of allylic oxidation sites excluding steroid dienone is 2. The molecule has 23 heavy (non-hydrogen) atoms. The minimum atomic E-state index is -0.631. The smallest absolute Gasteiger partial charge is 0.102 e. The summed E-state index contributed by atoms with van der Waals surface area (Å²) in [6.07, 6.45) is 8.27. The average molecular weight is 310 g/mol. The molecule has 2 aliphatic heterocycles. The molecule has 3 aliphatic rings. The van der Waals surface area contributed by atoms with Gasteiger partial charge in [0.25, 0.3) is 0 Å². The van der Waals surface area contributed by atoms with Gasteiger partial charge in [0.2, 0.25) is 0 Å². The molecule has 0 radical (unpaired) electrons. The second-order valence-corrected chi connectivity index (χ2v) is 7.55. The summed E-state index contributed by atoms with van der Waals surface area (Å²) in [7, 11) is 0. The summed E-state index contributed by atoms with van der Waals surface area (Å²) >= 11 is 0. The maximum Gasteiger partial charge on any atom is 0.102 e. The number of aryl methyl sites for hydroxylation is 1. The molecule has 3 nitrogen and oxygen atoms in total. The van der Waals surface area contributed by atoms with Gasteiger partial charge in [0.1, 0.15) is 5.82 Å². The molecule has 4 rings (SSSR count). The SMILES string of the molecule is Cc1ccccc1C1(O)C[C@H]2CN(C3=CC=CC(C)N3)C[C@H]2C1. The fourth-order valence-corrected chi connectivity index (χ4v) is 4.70. The Kier molecular flexibility index (Phi) is 3.49. The predicted molar refractivity (Wildman–Crippen MR) is 92.7 cm³/mol. The molecule has 1 aromatic carbocycles. The standard InChI is InChI=1S/C20H26N2O/c1-14-6-3-4-8-18(14)20(23)10-16-12-22(13-17(16)11-20)19-9-5-7-15(2)21-19/h3-9,15-17,21,23H,10-13H2,1-2H3/t15?,16-,17+,20?. The van der Waals surface area contributed by atoms with E-state index >= 15 is 0 Å². The second-order valence-electron chi connectivity index (χ2n) is 7.55. The molecule has 122 valence electrons. The number of rotatable bonds is 2. The van der Waals surface area contributed by atoms with E-state index in [9.17, 15) is 5.11 Å². The number of benzene rings is 1. The zero-order chi connectivity index (χ0) is 16.0. The van der Waals surface area contributed by atoms with Gasteiger partial charge in [-0.1, -0.05) is 36.4 Å². The molecule has 4 atom stereocenters. The average Bonchev–Trinajstić information content (AvgIpc) is 3.03. The maximum atomic E-state index is 11.2. The molecule has 1 saturated carbocycles. The van der Waals surface area contributed by atoms with Crippen LogP contribution in [0, 0.1) is 18.8 Å². The van der Waals surface area contributed by atoms with Gasteiger partial charge in [-0.2, -0.15) is 0 Å². The molecule has 0 spiro atoms. The Labute approximate surface area is 138 Å². The molecule has 1 aromatic rings. The van der Waals surface area contributed by atoms with Crippen LogP contribution in [0.4, 0.5) is 0 Å². The Hall–Kier alpha value is -1.74. The highest BCUT2D eigenvalue weighted by atomic mass is 16.3. The quantitative estimate of drug-likeness (QED) is 0.881. The van der Waals surface area contributed by atoms with Crippen molar-refractivity contribution < 1.29 is 5.11 Å². The van der Waals surface area contributed by atoms with Crippen molar-refractivity contribution in [3.05, 3.63) is 59.4 Å². The first-order valence-corrected chi connectivity index (χ1v) is 8.74. The number of hydrogen-bond donors (Lipinski definition) is 2. The number of likely N-dealkylation sites (tertiary alicyclic amines) is 1. The maximum absolute atomic E-state index is 11.2. The summed E-state index contributed by atoms with van der Waals surface area (Å²) in [6.45, 7) is 6.39. The monoisotopic (exact) mass is 310 g/mol. The second kappa shape index (κ2) is 5.41. The molecule has 2 fully saturated rings. The van der Waals surface area contributed by atoms with Crippen molar-refractivity contribution in [1.29, 1.82) is 0 Å². The van der Waals surface area contributed by atoms with Crippen LogP contribution in [0.15, 0.2) is 48.3 Å². The van der Waals surface area contributed by atoms with E-state index in [0.29, 0.717) is 17.9 Å². The van der Waals surface area contributed by atoms with E-state index in [2.05, 4.69) is 60.5 Å². The van der Waals surface area contributed by atoms with Crippen LogP contribution in [0.1, 0.15) is 30.9 Å². The molecule has 0 bridgehead atoms. The van der Waals surface area contributed by atoms with Crippen molar-refractivity contribution in [3.8, 4) is 0 Å².